The third kappa shape index (κ3) is 4.97. The Kier molecular flexibility index (Phi) is 7.06. The van der Waals surface area contributed by atoms with Crippen molar-refractivity contribution in [2.75, 3.05) is 31.7 Å². The molecule has 39 heavy (non-hydrogen) atoms. The lowest BCUT2D eigenvalue weighted by Crippen LogP contribution is -2.37. The van der Waals surface area contributed by atoms with Crippen LogP contribution in [0.25, 0.3) is 32.3 Å². The van der Waals surface area contributed by atoms with Gasteiger partial charge in [0, 0.05) is 31.7 Å². The molecule has 1 fully saturated rings. The molecular formula is C35H34N2P2. The minimum atomic E-state index is -0.300. The van der Waals surface area contributed by atoms with Gasteiger partial charge in [-0.15, -0.1) is 0 Å². The summed E-state index contributed by atoms with van der Waals surface area (Å²) in [4.78, 5) is 5.53. The number of hydrogen-bond donors (Lipinski definition) is 0. The van der Waals surface area contributed by atoms with Gasteiger partial charge in [0.1, 0.15) is 0 Å². The summed E-state index contributed by atoms with van der Waals surface area (Å²) in [5.74, 6) is 0. The molecule has 7 rings (SSSR count). The highest BCUT2D eigenvalue weighted by Crippen LogP contribution is 2.46. The third-order valence-corrected chi connectivity index (χ3v) is 13.2. The summed E-state index contributed by atoms with van der Waals surface area (Å²) in [5, 5.41) is 11.4. The summed E-state index contributed by atoms with van der Waals surface area (Å²) >= 11 is 0. The van der Waals surface area contributed by atoms with Crippen LogP contribution < -0.4 is 10.6 Å². The highest BCUT2D eigenvalue weighted by Gasteiger charge is 2.27. The van der Waals surface area contributed by atoms with Crippen molar-refractivity contribution in [1.82, 2.24) is 9.80 Å². The van der Waals surface area contributed by atoms with E-state index < -0.39 is 0 Å². The Labute approximate surface area is 234 Å². The molecule has 0 amide bonds. The summed E-state index contributed by atoms with van der Waals surface area (Å²) in [5.41, 5.74) is 1.46. The molecule has 0 N–H and O–H groups in total. The van der Waals surface area contributed by atoms with Gasteiger partial charge in [0.05, 0.1) is 0 Å². The molecular weight excluding hydrogens is 510 g/mol. The molecule has 0 spiro atoms. The van der Waals surface area contributed by atoms with Gasteiger partial charge in [-0.2, -0.15) is 0 Å². The largest absolute Gasteiger partial charge is 0.295 e. The molecule has 2 nitrogen and oxygen atoms in total. The Bertz CT molecular complexity index is 1640. The number of rotatable bonds is 5. The second-order valence-electron chi connectivity index (χ2n) is 10.7. The van der Waals surface area contributed by atoms with Crippen LogP contribution >= 0.6 is 15.8 Å². The highest BCUT2D eigenvalue weighted by molar-refractivity contribution is 7.67. The van der Waals surface area contributed by atoms with Crippen molar-refractivity contribution in [2.24, 2.45) is 0 Å². The average molecular weight is 545 g/mol. The van der Waals surface area contributed by atoms with E-state index in [0.717, 1.165) is 25.7 Å². The van der Waals surface area contributed by atoms with Gasteiger partial charge in [-0.05, 0) is 70.9 Å². The topological polar surface area (TPSA) is 6.48 Å². The van der Waals surface area contributed by atoms with Gasteiger partial charge in [-0.25, -0.2) is 0 Å². The van der Waals surface area contributed by atoms with E-state index in [1.54, 1.807) is 0 Å². The Morgan fingerprint density at radius 2 is 1.03 bits per heavy atom. The van der Waals surface area contributed by atoms with Crippen molar-refractivity contribution in [3.63, 3.8) is 0 Å². The zero-order valence-corrected chi connectivity index (χ0v) is 24.3. The number of benzene rings is 6. The molecule has 2 unspecified atom stereocenters. The molecule has 1 saturated heterocycles. The molecule has 6 aromatic carbocycles. The molecule has 6 aromatic rings. The molecule has 2 atom stereocenters. The van der Waals surface area contributed by atoms with Crippen LogP contribution in [-0.4, -0.2) is 41.5 Å². The summed E-state index contributed by atoms with van der Waals surface area (Å²) in [6.07, 6.45) is 4.64. The molecule has 0 saturated carbocycles. The third-order valence-electron chi connectivity index (χ3n) is 8.19. The molecule has 1 aliphatic rings. The maximum absolute atomic E-state index is 2.80. The highest BCUT2D eigenvalue weighted by atomic mass is 31.1. The quantitative estimate of drug-likeness (QED) is 0.160. The second kappa shape index (κ2) is 11.0. The standard InChI is InChI=1S/C35H34N2P2/c1-2-36-23-38(31-12-5-3-6-13-31)25-37(26-39(24-36)32-14-7-4-8-15-32)22-30-19-18-29-17-16-27-10-9-11-28-20-21-33(30)35(29)34(27)28/h3-21H,2,22-26H2,1H3. The molecule has 0 aliphatic carbocycles. The Hall–Kier alpha value is -2.86. The first-order valence-electron chi connectivity index (χ1n) is 14.0. The Morgan fingerprint density at radius 3 is 1.62 bits per heavy atom. The van der Waals surface area contributed by atoms with Gasteiger partial charge in [-0.1, -0.05) is 122 Å². The summed E-state index contributed by atoms with van der Waals surface area (Å²) in [7, 11) is -0.599. The fraction of sp³-hybridized carbons (Fsp3) is 0.200. The van der Waals surface area contributed by atoms with Crippen LogP contribution in [0.4, 0.5) is 0 Å². The minimum absolute atomic E-state index is 0.300. The molecule has 4 heteroatoms. The number of nitrogens with zero attached hydrogens (tertiary/aromatic N) is 2. The van der Waals surface area contributed by atoms with Gasteiger partial charge in [0.15, 0.2) is 0 Å². The van der Waals surface area contributed by atoms with Crippen molar-refractivity contribution in [3.05, 3.63) is 121 Å². The van der Waals surface area contributed by atoms with E-state index >= 15 is 0 Å². The first-order valence-corrected chi connectivity index (χ1v) is 17.4. The summed E-state index contributed by atoms with van der Waals surface area (Å²) < 4.78 is 0. The van der Waals surface area contributed by atoms with E-state index in [0.29, 0.717) is 0 Å². The van der Waals surface area contributed by atoms with E-state index in [9.17, 15) is 0 Å². The maximum Gasteiger partial charge on any atom is 0.0247 e. The lowest BCUT2D eigenvalue weighted by molar-refractivity contribution is 0.342. The van der Waals surface area contributed by atoms with Crippen LogP contribution in [0.3, 0.4) is 0 Å². The van der Waals surface area contributed by atoms with Gasteiger partial charge < -0.3 is 0 Å². The molecule has 0 bridgehead atoms. The van der Waals surface area contributed by atoms with Gasteiger partial charge in [0.25, 0.3) is 0 Å². The molecule has 194 valence electrons. The summed E-state index contributed by atoms with van der Waals surface area (Å²) in [6.45, 7) is 4.45. The van der Waals surface area contributed by atoms with Crippen LogP contribution in [0.2, 0.25) is 0 Å². The predicted octanol–water partition coefficient (Wildman–Crippen LogP) is 8.17. The Balaban J connectivity index is 1.30. The minimum Gasteiger partial charge on any atom is -0.295 e. The van der Waals surface area contributed by atoms with E-state index in [4.69, 9.17) is 0 Å². The van der Waals surface area contributed by atoms with Crippen LogP contribution in [0, 0.1) is 0 Å². The van der Waals surface area contributed by atoms with Crippen molar-refractivity contribution in [2.45, 2.75) is 13.5 Å². The fourth-order valence-electron chi connectivity index (χ4n) is 6.22. The predicted molar refractivity (Wildman–Crippen MR) is 174 cm³/mol. The molecule has 0 aromatic heterocycles. The lowest BCUT2D eigenvalue weighted by Gasteiger charge is -2.39. The zero-order chi connectivity index (χ0) is 26.2. The van der Waals surface area contributed by atoms with Crippen molar-refractivity contribution >= 4 is 58.8 Å². The van der Waals surface area contributed by atoms with Crippen LogP contribution in [0.15, 0.2) is 115 Å². The monoisotopic (exact) mass is 544 g/mol. The zero-order valence-electron chi connectivity index (χ0n) is 22.5. The number of hydrogen-bond acceptors (Lipinski definition) is 2. The first kappa shape index (κ1) is 25.1. The van der Waals surface area contributed by atoms with Gasteiger partial charge >= 0.3 is 0 Å². The van der Waals surface area contributed by atoms with Crippen LogP contribution in [-0.2, 0) is 6.54 Å². The molecule has 0 radical (unpaired) electrons. The van der Waals surface area contributed by atoms with E-state index in [1.807, 2.05) is 0 Å². The summed E-state index contributed by atoms with van der Waals surface area (Å²) in [6, 6.07) is 43.3. The van der Waals surface area contributed by atoms with Crippen LogP contribution in [0.5, 0.6) is 0 Å². The second-order valence-corrected chi connectivity index (χ2v) is 15.0. The lowest BCUT2D eigenvalue weighted by atomic mass is 9.92. The van der Waals surface area contributed by atoms with E-state index in [1.165, 1.54) is 61.1 Å². The SMILES string of the molecule is CCN1CP(c2ccccc2)CN(Cc2ccc3ccc4cccc5ccc2c3c45)CP(c2ccccc2)C1. The Morgan fingerprint density at radius 1 is 0.513 bits per heavy atom. The van der Waals surface area contributed by atoms with Crippen molar-refractivity contribution < 1.29 is 0 Å². The maximum atomic E-state index is 2.80. The van der Waals surface area contributed by atoms with E-state index in [-0.39, 0.29) is 15.8 Å². The molecule has 1 heterocycles. The first-order chi connectivity index (χ1) is 19.3. The van der Waals surface area contributed by atoms with Crippen molar-refractivity contribution in [3.8, 4) is 0 Å². The average Bonchev–Trinajstić information content (AvgIpc) is 2.98. The fourth-order valence-corrected chi connectivity index (χ4v) is 11.5. The van der Waals surface area contributed by atoms with E-state index in [2.05, 4.69) is 132 Å². The normalized spacial score (nSPS) is 19.5. The molecule has 1 aliphatic heterocycles. The van der Waals surface area contributed by atoms with Gasteiger partial charge in [-0.3, -0.25) is 9.80 Å². The van der Waals surface area contributed by atoms with Crippen molar-refractivity contribution in [1.29, 1.82) is 0 Å². The smallest absolute Gasteiger partial charge is 0.0247 e. The van der Waals surface area contributed by atoms with Crippen LogP contribution in [0.1, 0.15) is 12.5 Å². The van der Waals surface area contributed by atoms with Gasteiger partial charge in [0.2, 0.25) is 0 Å².